The predicted octanol–water partition coefficient (Wildman–Crippen LogP) is 1.82. The molecular formula is C21H23N3O3. The average Bonchev–Trinajstić information content (AvgIpc) is 3.23. The lowest BCUT2D eigenvalue weighted by Gasteiger charge is -2.20. The summed E-state index contributed by atoms with van der Waals surface area (Å²) in [5.41, 5.74) is 1.90. The van der Waals surface area contributed by atoms with Crippen molar-refractivity contribution in [2.24, 2.45) is 0 Å². The summed E-state index contributed by atoms with van der Waals surface area (Å²) in [6, 6.07) is 14.0. The second-order valence-electron chi connectivity index (χ2n) is 6.67. The van der Waals surface area contributed by atoms with Gasteiger partial charge in [-0.2, -0.15) is 5.26 Å². The number of nitrogens with zero attached hydrogens (tertiary/aromatic N) is 2. The summed E-state index contributed by atoms with van der Waals surface area (Å²) in [7, 11) is 0. The van der Waals surface area contributed by atoms with Crippen molar-refractivity contribution in [2.45, 2.75) is 18.9 Å². The van der Waals surface area contributed by atoms with E-state index in [2.05, 4.69) is 22.3 Å². The van der Waals surface area contributed by atoms with E-state index in [1.807, 2.05) is 30.3 Å². The van der Waals surface area contributed by atoms with Crippen LogP contribution in [-0.2, 0) is 4.79 Å². The van der Waals surface area contributed by atoms with Crippen LogP contribution >= 0.6 is 0 Å². The Morgan fingerprint density at radius 3 is 2.78 bits per heavy atom. The first-order valence-corrected chi connectivity index (χ1v) is 9.09. The summed E-state index contributed by atoms with van der Waals surface area (Å²) in [6.07, 6.45) is 2.88. The number of nitrogens with one attached hydrogen (secondary N) is 1. The number of fused-ring (bicyclic) bond motifs is 1. The molecule has 6 heteroatoms. The highest BCUT2D eigenvalue weighted by atomic mass is 16.3. The highest BCUT2D eigenvalue weighted by Crippen LogP contribution is 2.30. The summed E-state index contributed by atoms with van der Waals surface area (Å²) in [4.78, 5) is 14.5. The SMILES string of the molecule is N#C/C(=C\c1ccc2cccc(N3CCCC3)c2c1)C(=O)NCC(O)CO. The van der Waals surface area contributed by atoms with Gasteiger partial charge in [-0.1, -0.05) is 24.3 Å². The zero-order valence-electron chi connectivity index (χ0n) is 15.1. The van der Waals surface area contributed by atoms with Crippen LogP contribution in [0.4, 0.5) is 5.69 Å². The van der Waals surface area contributed by atoms with Crippen LogP contribution in [-0.4, -0.2) is 48.5 Å². The molecule has 0 aliphatic carbocycles. The molecule has 1 fully saturated rings. The number of rotatable bonds is 6. The van der Waals surface area contributed by atoms with Crippen molar-refractivity contribution in [3.8, 4) is 6.07 Å². The topological polar surface area (TPSA) is 96.6 Å². The number of aliphatic hydroxyl groups excluding tert-OH is 2. The number of hydrogen-bond acceptors (Lipinski definition) is 5. The number of aliphatic hydroxyl groups is 2. The zero-order chi connectivity index (χ0) is 19.2. The Labute approximate surface area is 158 Å². The Hall–Kier alpha value is -2.88. The third kappa shape index (κ3) is 4.45. The molecule has 1 saturated heterocycles. The van der Waals surface area contributed by atoms with Gasteiger partial charge in [0.25, 0.3) is 5.91 Å². The first kappa shape index (κ1) is 18.9. The number of carbonyl (C=O) groups is 1. The van der Waals surface area contributed by atoms with E-state index in [1.165, 1.54) is 18.5 Å². The maximum absolute atomic E-state index is 12.1. The Morgan fingerprint density at radius 2 is 2.07 bits per heavy atom. The molecule has 27 heavy (non-hydrogen) atoms. The maximum atomic E-state index is 12.1. The van der Waals surface area contributed by atoms with E-state index in [0.717, 1.165) is 29.4 Å². The van der Waals surface area contributed by atoms with Gasteiger partial charge in [0.15, 0.2) is 0 Å². The van der Waals surface area contributed by atoms with Gasteiger partial charge < -0.3 is 20.4 Å². The van der Waals surface area contributed by atoms with Gasteiger partial charge in [0.05, 0.1) is 12.7 Å². The predicted molar refractivity (Wildman–Crippen MR) is 105 cm³/mol. The van der Waals surface area contributed by atoms with Crippen molar-refractivity contribution < 1.29 is 15.0 Å². The molecule has 1 unspecified atom stereocenters. The van der Waals surface area contributed by atoms with Crippen LogP contribution in [0.2, 0.25) is 0 Å². The number of anilines is 1. The standard InChI is InChI=1S/C21H23N3O3/c22-12-17(21(27)23-13-18(26)14-25)10-15-6-7-16-4-3-5-20(19(16)11-15)24-8-1-2-9-24/h3-7,10-11,18,25-26H,1-2,8-9,13-14H2,(H,23,27)/b17-10+. The molecule has 3 N–H and O–H groups in total. The fraction of sp³-hybridized carbons (Fsp3) is 0.333. The molecule has 0 radical (unpaired) electrons. The van der Waals surface area contributed by atoms with Crippen molar-refractivity contribution in [3.05, 3.63) is 47.5 Å². The highest BCUT2D eigenvalue weighted by Gasteiger charge is 2.15. The normalized spacial score (nSPS) is 15.6. The first-order valence-electron chi connectivity index (χ1n) is 9.09. The number of hydrogen-bond donors (Lipinski definition) is 3. The van der Waals surface area contributed by atoms with Crippen LogP contribution in [0.1, 0.15) is 18.4 Å². The molecule has 1 aliphatic rings. The van der Waals surface area contributed by atoms with Crippen molar-refractivity contribution in [2.75, 3.05) is 31.1 Å². The molecule has 6 nitrogen and oxygen atoms in total. The lowest BCUT2D eigenvalue weighted by Crippen LogP contribution is -2.34. The monoisotopic (exact) mass is 365 g/mol. The van der Waals surface area contributed by atoms with Crippen molar-refractivity contribution in [1.82, 2.24) is 5.32 Å². The number of carbonyl (C=O) groups excluding carboxylic acids is 1. The Bertz CT molecular complexity index is 895. The summed E-state index contributed by atoms with van der Waals surface area (Å²) in [6.45, 7) is 1.53. The summed E-state index contributed by atoms with van der Waals surface area (Å²) in [5.74, 6) is -0.571. The molecule has 1 aliphatic heterocycles. The average molecular weight is 365 g/mol. The fourth-order valence-electron chi connectivity index (χ4n) is 3.28. The summed E-state index contributed by atoms with van der Waals surface area (Å²) < 4.78 is 0. The molecule has 1 atom stereocenters. The largest absolute Gasteiger partial charge is 0.394 e. The number of amides is 1. The second kappa shape index (κ2) is 8.67. The molecule has 0 aromatic heterocycles. The van der Waals surface area contributed by atoms with E-state index in [1.54, 1.807) is 6.08 Å². The Morgan fingerprint density at radius 1 is 1.30 bits per heavy atom. The Balaban J connectivity index is 1.89. The van der Waals surface area contributed by atoms with Gasteiger partial charge in [0, 0.05) is 30.7 Å². The second-order valence-corrected chi connectivity index (χ2v) is 6.67. The highest BCUT2D eigenvalue weighted by molar-refractivity contribution is 6.03. The first-order chi connectivity index (χ1) is 13.1. The van der Waals surface area contributed by atoms with E-state index in [0.29, 0.717) is 0 Å². The van der Waals surface area contributed by atoms with Crippen LogP contribution in [0, 0.1) is 11.3 Å². The van der Waals surface area contributed by atoms with Crippen LogP contribution in [0.25, 0.3) is 16.8 Å². The third-order valence-corrected chi connectivity index (χ3v) is 4.72. The summed E-state index contributed by atoms with van der Waals surface area (Å²) in [5, 5.41) is 32.1. The van der Waals surface area contributed by atoms with Crippen LogP contribution in [0.3, 0.4) is 0 Å². The minimum atomic E-state index is -1.04. The van der Waals surface area contributed by atoms with E-state index < -0.39 is 18.6 Å². The fourth-order valence-corrected chi connectivity index (χ4v) is 3.28. The molecule has 0 saturated carbocycles. The molecule has 2 aromatic rings. The molecular weight excluding hydrogens is 342 g/mol. The summed E-state index contributed by atoms with van der Waals surface area (Å²) >= 11 is 0. The molecule has 1 heterocycles. The quantitative estimate of drug-likeness (QED) is 0.536. The lowest BCUT2D eigenvalue weighted by molar-refractivity contribution is -0.117. The van der Waals surface area contributed by atoms with Gasteiger partial charge in [-0.05, 0) is 42.0 Å². The minimum absolute atomic E-state index is 0.0434. The third-order valence-electron chi connectivity index (χ3n) is 4.72. The van der Waals surface area contributed by atoms with Crippen molar-refractivity contribution in [3.63, 3.8) is 0 Å². The maximum Gasteiger partial charge on any atom is 0.262 e. The van der Waals surface area contributed by atoms with Gasteiger partial charge in [-0.15, -0.1) is 0 Å². The minimum Gasteiger partial charge on any atom is -0.394 e. The Kier molecular flexibility index (Phi) is 6.07. The van der Waals surface area contributed by atoms with Gasteiger partial charge >= 0.3 is 0 Å². The van der Waals surface area contributed by atoms with Crippen LogP contribution < -0.4 is 10.2 Å². The zero-order valence-corrected chi connectivity index (χ0v) is 15.1. The van der Waals surface area contributed by atoms with E-state index in [9.17, 15) is 15.2 Å². The number of benzene rings is 2. The van der Waals surface area contributed by atoms with Crippen molar-refractivity contribution in [1.29, 1.82) is 5.26 Å². The van der Waals surface area contributed by atoms with E-state index >= 15 is 0 Å². The van der Waals surface area contributed by atoms with Gasteiger partial charge in [0.1, 0.15) is 11.6 Å². The van der Waals surface area contributed by atoms with Crippen molar-refractivity contribution >= 4 is 28.4 Å². The number of nitriles is 1. The lowest BCUT2D eigenvalue weighted by atomic mass is 10.0. The smallest absolute Gasteiger partial charge is 0.262 e. The molecule has 0 bridgehead atoms. The molecule has 140 valence electrons. The molecule has 1 amide bonds. The van der Waals surface area contributed by atoms with Crippen LogP contribution in [0.15, 0.2) is 42.0 Å². The molecule has 2 aromatic carbocycles. The van der Waals surface area contributed by atoms with Gasteiger partial charge in [-0.3, -0.25) is 4.79 Å². The molecule has 3 rings (SSSR count). The molecule has 0 spiro atoms. The van der Waals surface area contributed by atoms with Crippen LogP contribution in [0.5, 0.6) is 0 Å². The van der Waals surface area contributed by atoms with E-state index in [-0.39, 0.29) is 12.1 Å². The van der Waals surface area contributed by atoms with Gasteiger partial charge in [0.2, 0.25) is 0 Å². The van der Waals surface area contributed by atoms with E-state index in [4.69, 9.17) is 5.11 Å². The van der Waals surface area contributed by atoms with Gasteiger partial charge in [-0.25, -0.2) is 0 Å².